The number of hydrogen-bond donors (Lipinski definition) is 1. The molecule has 0 amide bonds. The molecule has 1 aromatic heterocycles. The van der Waals surface area contributed by atoms with Crippen LogP contribution in [0.4, 0.5) is 5.69 Å². The Hall–Kier alpha value is -2.62. The molecule has 112 valence electrons. The second-order valence-corrected chi connectivity index (χ2v) is 5.38. The van der Waals surface area contributed by atoms with E-state index in [1.165, 1.54) is 0 Å². The average molecular weight is 293 g/mol. The minimum Gasteiger partial charge on any atom is -0.399 e. The van der Waals surface area contributed by atoms with E-state index in [0.717, 1.165) is 30.8 Å². The second kappa shape index (κ2) is 6.02. The lowest BCUT2D eigenvalue weighted by Crippen LogP contribution is -2.24. The summed E-state index contributed by atoms with van der Waals surface area (Å²) in [7, 11) is 0. The van der Waals surface area contributed by atoms with Gasteiger partial charge in [-0.1, -0.05) is 31.5 Å². The molecule has 2 N–H and O–H groups in total. The van der Waals surface area contributed by atoms with Gasteiger partial charge in [-0.2, -0.15) is 0 Å². The van der Waals surface area contributed by atoms with E-state index in [-0.39, 0.29) is 5.56 Å². The zero-order chi connectivity index (χ0) is 15.5. The summed E-state index contributed by atoms with van der Waals surface area (Å²) in [5, 5.41) is 0.596. The molecule has 0 saturated heterocycles. The first-order chi connectivity index (χ1) is 10.7. The van der Waals surface area contributed by atoms with Crippen LogP contribution in [0.15, 0.2) is 53.3 Å². The van der Waals surface area contributed by atoms with Gasteiger partial charge >= 0.3 is 0 Å². The van der Waals surface area contributed by atoms with Crippen molar-refractivity contribution in [2.75, 3.05) is 5.73 Å². The molecule has 0 bridgehead atoms. The molecule has 0 atom stereocenters. The zero-order valence-electron chi connectivity index (χ0n) is 12.6. The number of nitrogens with zero attached hydrogens (tertiary/aromatic N) is 2. The quantitative estimate of drug-likeness (QED) is 0.751. The summed E-state index contributed by atoms with van der Waals surface area (Å²) < 4.78 is 1.72. The number of aromatic nitrogens is 2. The Morgan fingerprint density at radius 3 is 2.64 bits per heavy atom. The molecule has 22 heavy (non-hydrogen) atoms. The number of fused-ring (bicyclic) bond motifs is 1. The first-order valence-corrected chi connectivity index (χ1v) is 7.57. The van der Waals surface area contributed by atoms with Gasteiger partial charge in [0.15, 0.2) is 0 Å². The van der Waals surface area contributed by atoms with Crippen LogP contribution in [0.3, 0.4) is 0 Å². The predicted octanol–water partition coefficient (Wildman–Crippen LogP) is 3.31. The van der Waals surface area contributed by atoms with Crippen molar-refractivity contribution in [1.82, 2.24) is 9.55 Å². The number of hydrogen-bond acceptors (Lipinski definition) is 3. The molecule has 3 aromatic rings. The van der Waals surface area contributed by atoms with Gasteiger partial charge in [0, 0.05) is 12.1 Å². The number of benzene rings is 2. The fraction of sp³-hybridized carbons (Fsp3) is 0.222. The molecule has 1 heterocycles. The number of unbranched alkanes of at least 4 members (excludes halogenated alkanes) is 1. The lowest BCUT2D eigenvalue weighted by Gasteiger charge is -2.13. The van der Waals surface area contributed by atoms with Gasteiger partial charge in [-0.25, -0.2) is 4.98 Å². The van der Waals surface area contributed by atoms with Crippen LogP contribution in [0, 0.1) is 0 Å². The van der Waals surface area contributed by atoms with E-state index in [9.17, 15) is 4.79 Å². The minimum absolute atomic E-state index is 0.0395. The summed E-state index contributed by atoms with van der Waals surface area (Å²) in [6.07, 6.45) is 2.82. The standard InChI is InChI=1S/C18H19N3O/c1-2-3-9-17-20-16-12-13(19)10-11-15(16)18(22)21(17)14-7-5-4-6-8-14/h4-8,10-12H,2-3,9,19H2,1H3. The molecule has 4 heteroatoms. The van der Waals surface area contributed by atoms with Crippen LogP contribution < -0.4 is 11.3 Å². The lowest BCUT2D eigenvalue weighted by molar-refractivity contribution is 0.720. The average Bonchev–Trinajstić information content (AvgIpc) is 2.53. The van der Waals surface area contributed by atoms with E-state index in [4.69, 9.17) is 10.7 Å². The number of nitrogen functional groups attached to an aromatic ring is 1. The third kappa shape index (κ3) is 2.60. The Morgan fingerprint density at radius 1 is 1.14 bits per heavy atom. The second-order valence-electron chi connectivity index (χ2n) is 5.38. The highest BCUT2D eigenvalue weighted by atomic mass is 16.1. The van der Waals surface area contributed by atoms with E-state index in [2.05, 4.69) is 6.92 Å². The van der Waals surface area contributed by atoms with Crippen molar-refractivity contribution >= 4 is 16.6 Å². The molecular formula is C18H19N3O. The molecular weight excluding hydrogens is 274 g/mol. The summed E-state index contributed by atoms with van der Waals surface area (Å²) in [6, 6.07) is 14.9. The Morgan fingerprint density at radius 2 is 1.91 bits per heavy atom. The maximum atomic E-state index is 12.9. The summed E-state index contributed by atoms with van der Waals surface area (Å²) in [6.45, 7) is 2.13. The number of nitrogens with two attached hydrogens (primary N) is 1. The minimum atomic E-state index is -0.0395. The molecule has 0 saturated carbocycles. The highest BCUT2D eigenvalue weighted by Gasteiger charge is 2.12. The van der Waals surface area contributed by atoms with Gasteiger partial charge in [0.2, 0.25) is 0 Å². The van der Waals surface area contributed by atoms with Gasteiger partial charge in [0.1, 0.15) is 5.82 Å². The Balaban J connectivity index is 2.30. The molecule has 2 aromatic carbocycles. The summed E-state index contributed by atoms with van der Waals surface area (Å²) in [4.78, 5) is 17.6. The van der Waals surface area contributed by atoms with Crippen molar-refractivity contribution < 1.29 is 0 Å². The van der Waals surface area contributed by atoms with Crippen LogP contribution >= 0.6 is 0 Å². The maximum absolute atomic E-state index is 12.9. The number of aryl methyl sites for hydroxylation is 1. The van der Waals surface area contributed by atoms with Crippen molar-refractivity contribution in [2.45, 2.75) is 26.2 Å². The summed E-state index contributed by atoms with van der Waals surface area (Å²) >= 11 is 0. The van der Waals surface area contributed by atoms with Gasteiger partial charge in [0.25, 0.3) is 5.56 Å². The maximum Gasteiger partial charge on any atom is 0.265 e. The molecule has 4 nitrogen and oxygen atoms in total. The van der Waals surface area contributed by atoms with Gasteiger partial charge < -0.3 is 5.73 Å². The molecule has 0 unspecified atom stereocenters. The van der Waals surface area contributed by atoms with Gasteiger partial charge in [-0.15, -0.1) is 0 Å². The van der Waals surface area contributed by atoms with Gasteiger partial charge in [0.05, 0.1) is 16.6 Å². The highest BCUT2D eigenvalue weighted by Crippen LogP contribution is 2.16. The smallest absolute Gasteiger partial charge is 0.265 e. The van der Waals surface area contributed by atoms with Crippen molar-refractivity contribution in [3.8, 4) is 5.69 Å². The van der Waals surface area contributed by atoms with Gasteiger partial charge in [-0.3, -0.25) is 9.36 Å². The van der Waals surface area contributed by atoms with Crippen LogP contribution in [-0.2, 0) is 6.42 Å². The monoisotopic (exact) mass is 293 g/mol. The van der Waals surface area contributed by atoms with E-state index in [1.54, 1.807) is 22.8 Å². The van der Waals surface area contributed by atoms with Crippen molar-refractivity contribution in [3.63, 3.8) is 0 Å². The van der Waals surface area contributed by atoms with Crippen LogP contribution in [0.5, 0.6) is 0 Å². The first kappa shape index (κ1) is 14.3. The van der Waals surface area contributed by atoms with Gasteiger partial charge in [-0.05, 0) is 36.8 Å². The van der Waals surface area contributed by atoms with Crippen molar-refractivity contribution in [2.24, 2.45) is 0 Å². The molecule has 0 aliphatic heterocycles. The largest absolute Gasteiger partial charge is 0.399 e. The third-order valence-electron chi connectivity index (χ3n) is 3.73. The molecule has 0 radical (unpaired) electrons. The SMILES string of the molecule is CCCCc1nc2cc(N)ccc2c(=O)n1-c1ccccc1. The molecule has 0 aliphatic rings. The normalized spacial score (nSPS) is 11.0. The zero-order valence-corrected chi connectivity index (χ0v) is 12.6. The topological polar surface area (TPSA) is 60.9 Å². The third-order valence-corrected chi connectivity index (χ3v) is 3.73. The molecule has 0 spiro atoms. The lowest BCUT2D eigenvalue weighted by atomic mass is 10.2. The van der Waals surface area contributed by atoms with Crippen LogP contribution in [-0.4, -0.2) is 9.55 Å². The van der Waals surface area contributed by atoms with Crippen LogP contribution in [0.1, 0.15) is 25.6 Å². The van der Waals surface area contributed by atoms with E-state index < -0.39 is 0 Å². The van der Waals surface area contributed by atoms with Crippen molar-refractivity contribution in [1.29, 1.82) is 0 Å². The Bertz CT molecular complexity index is 853. The van der Waals surface area contributed by atoms with Crippen LogP contribution in [0.25, 0.3) is 16.6 Å². The number of anilines is 1. The molecule has 0 fully saturated rings. The van der Waals surface area contributed by atoms with E-state index in [1.807, 2.05) is 30.3 Å². The van der Waals surface area contributed by atoms with E-state index >= 15 is 0 Å². The van der Waals surface area contributed by atoms with E-state index in [0.29, 0.717) is 16.6 Å². The molecule has 3 rings (SSSR count). The highest BCUT2D eigenvalue weighted by molar-refractivity contribution is 5.81. The van der Waals surface area contributed by atoms with Crippen LogP contribution in [0.2, 0.25) is 0 Å². The first-order valence-electron chi connectivity index (χ1n) is 7.57. The Kier molecular flexibility index (Phi) is 3.92. The number of para-hydroxylation sites is 1. The predicted molar refractivity (Wildman–Crippen MR) is 90.4 cm³/mol. The fourth-order valence-corrected chi connectivity index (χ4v) is 2.59. The Labute approximate surface area is 129 Å². The summed E-state index contributed by atoms with van der Waals surface area (Å²) in [5.41, 5.74) is 7.93. The van der Waals surface area contributed by atoms with Crippen molar-refractivity contribution in [3.05, 3.63) is 64.7 Å². The number of rotatable bonds is 4. The molecule has 0 aliphatic carbocycles. The fourth-order valence-electron chi connectivity index (χ4n) is 2.59. The summed E-state index contributed by atoms with van der Waals surface area (Å²) in [5.74, 6) is 0.788.